The Hall–Kier alpha value is -1.36. The lowest BCUT2D eigenvalue weighted by molar-refractivity contribution is 0.694. The summed E-state index contributed by atoms with van der Waals surface area (Å²) in [5.74, 6) is 0.738. The first-order valence-corrected chi connectivity index (χ1v) is 8.86. The van der Waals surface area contributed by atoms with E-state index in [0.717, 1.165) is 48.4 Å². The Labute approximate surface area is 129 Å². The molecule has 2 heterocycles. The topological polar surface area (TPSA) is 46.9 Å². The number of aryl methyl sites for hydroxylation is 2. The number of hydrogen-bond donors (Lipinski definition) is 1. The van der Waals surface area contributed by atoms with E-state index in [-0.39, 0.29) is 5.56 Å². The van der Waals surface area contributed by atoms with Crippen LogP contribution < -0.4 is 10.9 Å². The average Bonchev–Trinajstić information content (AvgIpc) is 2.86. The fourth-order valence-electron chi connectivity index (χ4n) is 3.04. The zero-order chi connectivity index (χ0) is 14.8. The molecule has 1 N–H and O–H groups in total. The molecule has 2 aromatic heterocycles. The number of fused-ring (bicyclic) bond motifs is 3. The predicted molar refractivity (Wildman–Crippen MR) is 89.6 cm³/mol. The van der Waals surface area contributed by atoms with E-state index >= 15 is 0 Å². The molecule has 1 aliphatic rings. The summed E-state index contributed by atoms with van der Waals surface area (Å²) in [4.78, 5) is 19.9. The SMILES string of the molecule is CCCCNc1nc2sc3c(c2c(=O)n1CC)CCCC3. The quantitative estimate of drug-likeness (QED) is 0.859. The number of nitrogens with zero attached hydrogens (tertiary/aromatic N) is 2. The molecule has 0 fully saturated rings. The molecule has 0 amide bonds. The van der Waals surface area contributed by atoms with Crippen LogP contribution >= 0.6 is 11.3 Å². The Kier molecular flexibility index (Phi) is 4.29. The summed E-state index contributed by atoms with van der Waals surface area (Å²) in [5, 5.41) is 4.22. The number of aromatic nitrogens is 2. The number of nitrogens with one attached hydrogen (secondary N) is 1. The molecule has 3 rings (SSSR count). The number of unbranched alkanes of at least 4 members (excludes halogenated alkanes) is 1. The Balaban J connectivity index is 2.11. The van der Waals surface area contributed by atoms with Crippen LogP contribution in [-0.2, 0) is 19.4 Å². The number of thiophene rings is 1. The van der Waals surface area contributed by atoms with Crippen LogP contribution in [-0.4, -0.2) is 16.1 Å². The standard InChI is InChI=1S/C16H23N3OS/c1-3-5-10-17-16-18-14-13(15(20)19(16)4-2)11-8-6-7-9-12(11)21-14/h3-10H2,1-2H3,(H,17,18). The van der Waals surface area contributed by atoms with Crippen molar-refractivity contribution in [1.29, 1.82) is 0 Å². The molecule has 1 aliphatic carbocycles. The molecule has 0 aromatic carbocycles. The van der Waals surface area contributed by atoms with Gasteiger partial charge in [0.2, 0.25) is 5.95 Å². The predicted octanol–water partition coefficient (Wildman–Crippen LogP) is 3.57. The van der Waals surface area contributed by atoms with Crippen LogP contribution in [0.4, 0.5) is 5.95 Å². The van der Waals surface area contributed by atoms with Gasteiger partial charge < -0.3 is 5.32 Å². The summed E-state index contributed by atoms with van der Waals surface area (Å²) >= 11 is 1.72. The average molecular weight is 305 g/mol. The molecule has 0 aliphatic heterocycles. The lowest BCUT2D eigenvalue weighted by Crippen LogP contribution is -2.25. The van der Waals surface area contributed by atoms with E-state index in [4.69, 9.17) is 4.98 Å². The van der Waals surface area contributed by atoms with Crippen molar-refractivity contribution in [2.75, 3.05) is 11.9 Å². The third-order valence-electron chi connectivity index (χ3n) is 4.20. The third kappa shape index (κ3) is 2.59. The van der Waals surface area contributed by atoms with E-state index in [0.29, 0.717) is 6.54 Å². The maximum absolute atomic E-state index is 12.8. The molecule has 114 valence electrons. The van der Waals surface area contributed by atoms with Gasteiger partial charge in [-0.1, -0.05) is 13.3 Å². The van der Waals surface area contributed by atoms with Gasteiger partial charge in [0.05, 0.1) is 5.39 Å². The van der Waals surface area contributed by atoms with Gasteiger partial charge in [0.1, 0.15) is 4.83 Å². The van der Waals surface area contributed by atoms with Gasteiger partial charge in [0, 0.05) is 18.0 Å². The van der Waals surface area contributed by atoms with E-state index in [2.05, 4.69) is 12.2 Å². The molecular weight excluding hydrogens is 282 g/mol. The molecule has 5 heteroatoms. The number of hydrogen-bond acceptors (Lipinski definition) is 4. The second-order valence-electron chi connectivity index (χ2n) is 5.66. The fourth-order valence-corrected chi connectivity index (χ4v) is 4.30. The van der Waals surface area contributed by atoms with E-state index in [1.807, 2.05) is 6.92 Å². The van der Waals surface area contributed by atoms with Crippen molar-refractivity contribution in [2.24, 2.45) is 0 Å². The molecule has 0 atom stereocenters. The zero-order valence-corrected chi connectivity index (χ0v) is 13.7. The van der Waals surface area contributed by atoms with Crippen LogP contribution in [0.2, 0.25) is 0 Å². The maximum atomic E-state index is 12.8. The summed E-state index contributed by atoms with van der Waals surface area (Å²) in [6.45, 7) is 5.72. The van der Waals surface area contributed by atoms with Crippen LogP contribution in [0, 0.1) is 0 Å². The molecular formula is C16H23N3OS. The van der Waals surface area contributed by atoms with Crippen molar-refractivity contribution in [2.45, 2.75) is 58.9 Å². The summed E-state index contributed by atoms with van der Waals surface area (Å²) < 4.78 is 1.79. The van der Waals surface area contributed by atoms with E-state index in [1.54, 1.807) is 15.9 Å². The Morgan fingerprint density at radius 1 is 1.29 bits per heavy atom. The minimum atomic E-state index is 0.140. The lowest BCUT2D eigenvalue weighted by atomic mass is 9.97. The summed E-state index contributed by atoms with van der Waals surface area (Å²) in [5.41, 5.74) is 1.42. The molecule has 0 saturated carbocycles. The monoisotopic (exact) mass is 305 g/mol. The lowest BCUT2D eigenvalue weighted by Gasteiger charge is -2.13. The second kappa shape index (κ2) is 6.18. The van der Waals surface area contributed by atoms with E-state index < -0.39 is 0 Å². The highest BCUT2D eigenvalue weighted by Gasteiger charge is 2.21. The van der Waals surface area contributed by atoms with Gasteiger partial charge >= 0.3 is 0 Å². The molecule has 0 radical (unpaired) electrons. The van der Waals surface area contributed by atoms with Gasteiger partial charge in [-0.05, 0) is 44.6 Å². The van der Waals surface area contributed by atoms with Crippen molar-refractivity contribution in [3.05, 3.63) is 20.8 Å². The number of anilines is 1. The van der Waals surface area contributed by atoms with Crippen molar-refractivity contribution in [1.82, 2.24) is 9.55 Å². The van der Waals surface area contributed by atoms with Crippen LogP contribution in [0.3, 0.4) is 0 Å². The van der Waals surface area contributed by atoms with Gasteiger partial charge in [-0.25, -0.2) is 4.98 Å². The van der Waals surface area contributed by atoms with Gasteiger partial charge in [-0.3, -0.25) is 9.36 Å². The second-order valence-corrected chi connectivity index (χ2v) is 6.74. The molecule has 0 bridgehead atoms. The van der Waals surface area contributed by atoms with Crippen molar-refractivity contribution >= 4 is 27.5 Å². The molecule has 0 saturated heterocycles. The van der Waals surface area contributed by atoms with Crippen LogP contribution in [0.25, 0.3) is 10.2 Å². The largest absolute Gasteiger partial charge is 0.356 e. The Morgan fingerprint density at radius 3 is 2.86 bits per heavy atom. The Bertz CT molecular complexity index is 702. The van der Waals surface area contributed by atoms with Crippen LogP contribution in [0.15, 0.2) is 4.79 Å². The highest BCUT2D eigenvalue weighted by molar-refractivity contribution is 7.18. The molecule has 21 heavy (non-hydrogen) atoms. The zero-order valence-electron chi connectivity index (χ0n) is 12.9. The highest BCUT2D eigenvalue weighted by Crippen LogP contribution is 2.34. The van der Waals surface area contributed by atoms with E-state index in [9.17, 15) is 4.79 Å². The first kappa shape index (κ1) is 14.6. The van der Waals surface area contributed by atoms with Gasteiger partial charge in [0.15, 0.2) is 0 Å². The molecule has 2 aromatic rings. The normalized spacial score (nSPS) is 14.4. The van der Waals surface area contributed by atoms with Gasteiger partial charge in [-0.2, -0.15) is 0 Å². The van der Waals surface area contributed by atoms with Crippen LogP contribution in [0.5, 0.6) is 0 Å². The fraction of sp³-hybridized carbons (Fsp3) is 0.625. The summed E-state index contributed by atoms with van der Waals surface area (Å²) in [6.07, 6.45) is 6.82. The summed E-state index contributed by atoms with van der Waals surface area (Å²) in [6, 6.07) is 0. The highest BCUT2D eigenvalue weighted by atomic mass is 32.1. The first-order chi connectivity index (χ1) is 10.3. The molecule has 4 nitrogen and oxygen atoms in total. The minimum absolute atomic E-state index is 0.140. The van der Waals surface area contributed by atoms with Gasteiger partial charge in [-0.15, -0.1) is 11.3 Å². The van der Waals surface area contributed by atoms with Crippen molar-refractivity contribution in [3.63, 3.8) is 0 Å². The third-order valence-corrected chi connectivity index (χ3v) is 5.39. The maximum Gasteiger partial charge on any atom is 0.263 e. The van der Waals surface area contributed by atoms with Crippen molar-refractivity contribution < 1.29 is 0 Å². The van der Waals surface area contributed by atoms with Crippen LogP contribution in [0.1, 0.15) is 50.0 Å². The van der Waals surface area contributed by atoms with Gasteiger partial charge in [0.25, 0.3) is 5.56 Å². The number of rotatable bonds is 5. The van der Waals surface area contributed by atoms with E-state index in [1.165, 1.54) is 23.3 Å². The minimum Gasteiger partial charge on any atom is -0.356 e. The first-order valence-electron chi connectivity index (χ1n) is 8.05. The smallest absolute Gasteiger partial charge is 0.263 e. The summed E-state index contributed by atoms with van der Waals surface area (Å²) in [7, 11) is 0. The van der Waals surface area contributed by atoms with Crippen molar-refractivity contribution in [3.8, 4) is 0 Å². The Morgan fingerprint density at radius 2 is 2.10 bits per heavy atom. The molecule has 0 spiro atoms. The molecule has 0 unspecified atom stereocenters.